The molecule has 0 aliphatic rings. The van der Waals surface area contributed by atoms with Crippen LogP contribution in [0.2, 0.25) is 0 Å². The average molecular weight is 284 g/mol. The zero-order valence-electron chi connectivity index (χ0n) is 11.2. The Labute approximate surface area is 119 Å². The number of carbonyl (C=O) groups excluding carboxylic acids is 1. The van der Waals surface area contributed by atoms with Gasteiger partial charge in [0, 0.05) is 25.1 Å². The lowest BCUT2D eigenvalue weighted by Crippen LogP contribution is -2.41. The van der Waals surface area contributed by atoms with Crippen LogP contribution in [-0.2, 0) is 18.4 Å². The molecule has 0 saturated heterocycles. The molecule has 1 amide bonds. The molecule has 2 aromatic rings. The number of anilines is 1. The van der Waals surface area contributed by atoms with Crippen molar-refractivity contribution in [2.45, 2.75) is 6.54 Å². The maximum absolute atomic E-state index is 11.8. The van der Waals surface area contributed by atoms with Gasteiger partial charge in [0.05, 0.1) is 11.6 Å². The van der Waals surface area contributed by atoms with Gasteiger partial charge in [-0.05, 0) is 24.3 Å². The zero-order chi connectivity index (χ0) is 15.4. The van der Waals surface area contributed by atoms with Crippen molar-refractivity contribution in [3.05, 3.63) is 62.9 Å². The van der Waals surface area contributed by atoms with Gasteiger partial charge < -0.3 is 9.88 Å². The van der Waals surface area contributed by atoms with Gasteiger partial charge in [-0.3, -0.25) is 19.0 Å². The molecule has 0 fully saturated rings. The van der Waals surface area contributed by atoms with Crippen LogP contribution in [0.4, 0.5) is 5.69 Å². The van der Waals surface area contributed by atoms with E-state index in [9.17, 15) is 14.4 Å². The van der Waals surface area contributed by atoms with Gasteiger partial charge >= 0.3 is 11.1 Å². The molecule has 0 spiro atoms. The predicted molar refractivity (Wildman–Crippen MR) is 75.7 cm³/mol. The summed E-state index contributed by atoms with van der Waals surface area (Å²) in [5, 5.41) is 11.3. The molecule has 7 heteroatoms. The molecular weight excluding hydrogens is 272 g/mol. The van der Waals surface area contributed by atoms with Gasteiger partial charge in [-0.25, -0.2) is 0 Å². The van der Waals surface area contributed by atoms with Crippen molar-refractivity contribution in [1.29, 1.82) is 5.26 Å². The number of rotatable bonds is 3. The van der Waals surface area contributed by atoms with Crippen LogP contribution >= 0.6 is 0 Å². The van der Waals surface area contributed by atoms with E-state index in [0.717, 1.165) is 9.13 Å². The topological polar surface area (TPSA) is 96.9 Å². The van der Waals surface area contributed by atoms with E-state index in [1.807, 2.05) is 6.07 Å². The van der Waals surface area contributed by atoms with E-state index in [4.69, 9.17) is 5.26 Å². The van der Waals surface area contributed by atoms with Gasteiger partial charge in [0.15, 0.2) is 0 Å². The Bertz CT molecular complexity index is 825. The highest BCUT2D eigenvalue weighted by Gasteiger charge is 2.07. The molecule has 21 heavy (non-hydrogen) atoms. The molecule has 0 aliphatic carbocycles. The molecule has 1 heterocycles. The quantitative estimate of drug-likeness (QED) is 0.806. The Morgan fingerprint density at radius 2 is 1.86 bits per heavy atom. The molecule has 0 saturated carbocycles. The standard InChI is InChI=1S/C14H12N4O3/c1-17-6-7-18(14(21)13(17)20)9-12(19)16-11-4-2-10(8-15)3-5-11/h2-7H,9H2,1H3,(H,16,19). The minimum atomic E-state index is -0.755. The summed E-state index contributed by atoms with van der Waals surface area (Å²) in [5.41, 5.74) is -0.453. The predicted octanol–water partition coefficient (Wildman–Crippen LogP) is 0.0574. The number of nitrogens with one attached hydrogen (secondary N) is 1. The van der Waals surface area contributed by atoms with Crippen molar-refractivity contribution in [1.82, 2.24) is 9.13 Å². The number of aryl methyl sites for hydroxylation is 1. The van der Waals surface area contributed by atoms with Crippen molar-refractivity contribution < 1.29 is 4.79 Å². The number of amides is 1. The molecule has 0 radical (unpaired) electrons. The van der Waals surface area contributed by atoms with Crippen molar-refractivity contribution in [2.24, 2.45) is 7.05 Å². The van der Waals surface area contributed by atoms with E-state index in [-0.39, 0.29) is 6.54 Å². The second-order valence-electron chi connectivity index (χ2n) is 4.38. The van der Waals surface area contributed by atoms with Crippen LogP contribution in [0, 0.1) is 11.3 Å². The summed E-state index contributed by atoms with van der Waals surface area (Å²) in [5.74, 6) is -0.435. The Balaban J connectivity index is 2.12. The van der Waals surface area contributed by atoms with Crippen LogP contribution in [-0.4, -0.2) is 15.0 Å². The molecule has 7 nitrogen and oxygen atoms in total. The second kappa shape index (κ2) is 5.88. The first-order valence-electron chi connectivity index (χ1n) is 6.07. The van der Waals surface area contributed by atoms with Crippen molar-refractivity contribution in [2.75, 3.05) is 5.32 Å². The first-order chi connectivity index (χ1) is 10.0. The normalized spacial score (nSPS) is 9.90. The molecule has 106 valence electrons. The van der Waals surface area contributed by atoms with Crippen LogP contribution in [0.25, 0.3) is 0 Å². The third-order valence-corrected chi connectivity index (χ3v) is 2.85. The van der Waals surface area contributed by atoms with Crippen molar-refractivity contribution >= 4 is 11.6 Å². The molecule has 2 rings (SSSR count). The highest BCUT2D eigenvalue weighted by Crippen LogP contribution is 2.08. The van der Waals surface area contributed by atoms with E-state index in [0.29, 0.717) is 11.3 Å². The molecule has 0 bridgehead atoms. The van der Waals surface area contributed by atoms with Gasteiger partial charge in [-0.1, -0.05) is 0 Å². The molecule has 1 aromatic heterocycles. The summed E-state index contributed by atoms with van der Waals surface area (Å²) in [6, 6.07) is 8.28. The van der Waals surface area contributed by atoms with E-state index >= 15 is 0 Å². The van der Waals surface area contributed by atoms with E-state index in [1.165, 1.54) is 19.4 Å². The van der Waals surface area contributed by atoms with Crippen molar-refractivity contribution in [3.63, 3.8) is 0 Å². The minimum Gasteiger partial charge on any atom is -0.325 e. The number of aromatic nitrogens is 2. The van der Waals surface area contributed by atoms with Crippen LogP contribution in [0.15, 0.2) is 46.2 Å². The lowest BCUT2D eigenvalue weighted by atomic mass is 10.2. The number of hydrogen-bond donors (Lipinski definition) is 1. The van der Waals surface area contributed by atoms with Crippen LogP contribution < -0.4 is 16.4 Å². The Morgan fingerprint density at radius 1 is 1.19 bits per heavy atom. The summed E-state index contributed by atoms with van der Waals surface area (Å²) in [6.45, 7) is -0.255. The van der Waals surface area contributed by atoms with Crippen molar-refractivity contribution in [3.8, 4) is 6.07 Å². The van der Waals surface area contributed by atoms with Gasteiger partial charge in [-0.15, -0.1) is 0 Å². The number of hydrogen-bond acceptors (Lipinski definition) is 4. The maximum Gasteiger partial charge on any atom is 0.316 e. The fraction of sp³-hybridized carbons (Fsp3) is 0.143. The third-order valence-electron chi connectivity index (χ3n) is 2.85. The summed E-state index contributed by atoms with van der Waals surface area (Å²) in [4.78, 5) is 35.0. The summed E-state index contributed by atoms with van der Waals surface area (Å²) in [6.07, 6.45) is 2.79. The molecule has 1 N–H and O–H groups in total. The molecule has 0 atom stereocenters. The summed E-state index contributed by atoms with van der Waals surface area (Å²) < 4.78 is 2.19. The van der Waals surface area contributed by atoms with Gasteiger partial charge in [-0.2, -0.15) is 5.26 Å². The molecular formula is C14H12N4O3. The monoisotopic (exact) mass is 284 g/mol. The van der Waals surface area contributed by atoms with E-state index < -0.39 is 17.0 Å². The number of nitrogens with zero attached hydrogens (tertiary/aromatic N) is 3. The van der Waals surface area contributed by atoms with Gasteiger partial charge in [0.25, 0.3) is 0 Å². The average Bonchev–Trinajstić information content (AvgIpc) is 2.49. The fourth-order valence-corrected chi connectivity index (χ4v) is 1.70. The highest BCUT2D eigenvalue weighted by atomic mass is 16.2. The van der Waals surface area contributed by atoms with E-state index in [2.05, 4.69) is 5.32 Å². The summed E-state index contributed by atoms with van der Waals surface area (Å²) in [7, 11) is 1.46. The third kappa shape index (κ3) is 3.25. The Hall–Kier alpha value is -3.14. The van der Waals surface area contributed by atoms with Crippen LogP contribution in [0.3, 0.4) is 0 Å². The summed E-state index contributed by atoms with van der Waals surface area (Å²) >= 11 is 0. The lowest BCUT2D eigenvalue weighted by molar-refractivity contribution is -0.116. The smallest absolute Gasteiger partial charge is 0.316 e. The van der Waals surface area contributed by atoms with Crippen LogP contribution in [0.5, 0.6) is 0 Å². The molecule has 1 aromatic carbocycles. The zero-order valence-corrected chi connectivity index (χ0v) is 11.2. The van der Waals surface area contributed by atoms with Gasteiger partial charge in [0.1, 0.15) is 6.54 Å². The number of carbonyl (C=O) groups is 1. The Morgan fingerprint density at radius 3 is 2.48 bits per heavy atom. The lowest BCUT2D eigenvalue weighted by Gasteiger charge is -2.07. The molecule has 0 aliphatic heterocycles. The first-order valence-corrected chi connectivity index (χ1v) is 6.07. The van der Waals surface area contributed by atoms with Crippen LogP contribution in [0.1, 0.15) is 5.56 Å². The first kappa shape index (κ1) is 14.3. The minimum absolute atomic E-state index is 0.255. The maximum atomic E-state index is 11.8. The second-order valence-corrected chi connectivity index (χ2v) is 4.38. The number of nitriles is 1. The fourth-order valence-electron chi connectivity index (χ4n) is 1.70. The highest BCUT2D eigenvalue weighted by molar-refractivity contribution is 5.90. The Kier molecular flexibility index (Phi) is 4.00. The molecule has 0 unspecified atom stereocenters. The van der Waals surface area contributed by atoms with Gasteiger partial charge in [0.2, 0.25) is 5.91 Å². The van der Waals surface area contributed by atoms with E-state index in [1.54, 1.807) is 24.3 Å². The SMILES string of the molecule is Cn1ccn(CC(=O)Nc2ccc(C#N)cc2)c(=O)c1=O. The largest absolute Gasteiger partial charge is 0.325 e. The number of benzene rings is 1.